The number of hydrogen-bond acceptors (Lipinski definition) is 5. The zero-order valence-electron chi connectivity index (χ0n) is 11.3. The fourth-order valence-corrected chi connectivity index (χ4v) is 2.78. The molecule has 0 aromatic carbocycles. The summed E-state index contributed by atoms with van der Waals surface area (Å²) < 4.78 is 26.9. The number of thiazole rings is 1. The van der Waals surface area contributed by atoms with Crippen molar-refractivity contribution in [2.45, 2.75) is 19.9 Å². The molecule has 0 saturated carbocycles. The highest BCUT2D eigenvalue weighted by molar-refractivity contribution is 7.14. The van der Waals surface area contributed by atoms with Crippen LogP contribution in [0, 0.1) is 0 Å². The molecular formula is C11H12ClF2N5OS. The lowest BCUT2D eigenvalue weighted by Crippen LogP contribution is -2.30. The van der Waals surface area contributed by atoms with Crippen LogP contribution in [0.15, 0.2) is 6.20 Å². The minimum atomic E-state index is -2.74. The number of aromatic nitrogens is 4. The Bertz CT molecular complexity index is 644. The molecule has 0 bridgehead atoms. The second-order valence-corrected chi connectivity index (χ2v) is 5.57. The largest absolute Gasteiger partial charge is 0.331 e. The van der Waals surface area contributed by atoms with Gasteiger partial charge in [-0.25, -0.2) is 13.8 Å². The predicted octanol–water partition coefficient (Wildman–Crippen LogP) is 2.52. The summed E-state index contributed by atoms with van der Waals surface area (Å²) in [7, 11) is 1.71. The van der Waals surface area contributed by atoms with E-state index in [2.05, 4.69) is 15.3 Å². The number of halogens is 3. The molecule has 21 heavy (non-hydrogen) atoms. The van der Waals surface area contributed by atoms with Crippen LogP contribution in [0.3, 0.4) is 0 Å². The van der Waals surface area contributed by atoms with Gasteiger partial charge in [-0.1, -0.05) is 16.8 Å². The maximum atomic E-state index is 12.7. The lowest BCUT2D eigenvalue weighted by molar-refractivity contribution is 0.0750. The van der Waals surface area contributed by atoms with E-state index in [0.29, 0.717) is 23.6 Å². The van der Waals surface area contributed by atoms with Crippen molar-refractivity contribution < 1.29 is 13.6 Å². The number of rotatable bonds is 5. The van der Waals surface area contributed by atoms with E-state index in [9.17, 15) is 13.6 Å². The fourth-order valence-electron chi connectivity index (χ4n) is 1.67. The first-order valence-corrected chi connectivity index (χ1v) is 7.20. The molecule has 6 nitrogen and oxygen atoms in total. The van der Waals surface area contributed by atoms with Crippen molar-refractivity contribution >= 4 is 28.8 Å². The molecule has 2 heterocycles. The van der Waals surface area contributed by atoms with E-state index in [1.165, 1.54) is 9.58 Å². The Morgan fingerprint density at radius 1 is 1.57 bits per heavy atom. The van der Waals surface area contributed by atoms with E-state index in [0.717, 1.165) is 0 Å². The molecule has 0 spiro atoms. The maximum Gasteiger partial charge on any atom is 0.283 e. The number of amides is 1. The Balaban J connectivity index is 2.18. The second-order valence-electron chi connectivity index (χ2n) is 4.18. The molecule has 0 aliphatic heterocycles. The fraction of sp³-hybridized carbons (Fsp3) is 0.455. The number of alkyl halides is 2. The zero-order chi connectivity index (χ0) is 15.6. The highest BCUT2D eigenvalue weighted by Gasteiger charge is 2.24. The van der Waals surface area contributed by atoms with E-state index in [4.69, 9.17) is 11.6 Å². The lowest BCUT2D eigenvalue weighted by Gasteiger charge is -2.17. The summed E-state index contributed by atoms with van der Waals surface area (Å²) in [5.41, 5.74) is 0.601. The van der Waals surface area contributed by atoms with Gasteiger partial charge in [0.15, 0.2) is 5.01 Å². The molecule has 0 aliphatic carbocycles. The van der Waals surface area contributed by atoms with Crippen LogP contribution in [0.2, 0.25) is 5.15 Å². The molecule has 0 saturated heterocycles. The first kappa shape index (κ1) is 15.8. The molecule has 0 atom stereocenters. The summed E-state index contributed by atoms with van der Waals surface area (Å²) in [6, 6.07) is 0. The molecule has 0 fully saturated rings. The number of nitrogens with zero attached hydrogens (tertiary/aromatic N) is 5. The standard InChI is InChI=1S/C11H12ClF2N5OS/c1-3-19(5-6-4-18(2)17-16-6)11(20)10-15-8(12)7(21-10)9(13)14/h4,9H,3,5H2,1-2H3. The predicted molar refractivity (Wildman–Crippen MR) is 73.5 cm³/mol. The highest BCUT2D eigenvalue weighted by atomic mass is 35.5. The van der Waals surface area contributed by atoms with Gasteiger partial charge in [0.05, 0.1) is 6.54 Å². The Morgan fingerprint density at radius 2 is 2.29 bits per heavy atom. The summed E-state index contributed by atoms with van der Waals surface area (Å²) in [5, 5.41) is 7.28. The van der Waals surface area contributed by atoms with Crippen LogP contribution in [-0.4, -0.2) is 37.3 Å². The molecule has 0 N–H and O–H groups in total. The molecule has 1 amide bonds. The van der Waals surface area contributed by atoms with Crippen LogP contribution in [0.5, 0.6) is 0 Å². The van der Waals surface area contributed by atoms with E-state index < -0.39 is 17.2 Å². The molecule has 2 aromatic rings. The number of carbonyl (C=O) groups is 1. The van der Waals surface area contributed by atoms with Gasteiger partial charge in [0.2, 0.25) is 0 Å². The number of hydrogen-bond donors (Lipinski definition) is 0. The van der Waals surface area contributed by atoms with Crippen LogP contribution in [0.4, 0.5) is 8.78 Å². The molecule has 0 unspecified atom stereocenters. The quantitative estimate of drug-likeness (QED) is 0.842. The summed E-state index contributed by atoms with van der Waals surface area (Å²) in [4.78, 5) is 17.1. The van der Waals surface area contributed by atoms with Gasteiger partial charge in [-0.2, -0.15) is 0 Å². The minimum Gasteiger partial charge on any atom is -0.331 e. The number of aryl methyl sites for hydroxylation is 1. The Hall–Kier alpha value is -1.61. The van der Waals surface area contributed by atoms with Gasteiger partial charge in [0.25, 0.3) is 12.3 Å². The SMILES string of the molecule is CCN(Cc1cn(C)nn1)C(=O)c1nc(Cl)c(C(F)F)s1. The summed E-state index contributed by atoms with van der Waals surface area (Å²) in [6.07, 6.45) is -1.07. The van der Waals surface area contributed by atoms with Crippen molar-refractivity contribution in [1.29, 1.82) is 0 Å². The first-order chi connectivity index (χ1) is 9.92. The number of carbonyl (C=O) groups excluding carboxylic acids is 1. The van der Waals surface area contributed by atoms with Gasteiger partial charge < -0.3 is 4.90 Å². The Kier molecular flexibility index (Phi) is 4.84. The lowest BCUT2D eigenvalue weighted by atomic mass is 10.4. The molecule has 0 radical (unpaired) electrons. The van der Waals surface area contributed by atoms with Crippen LogP contribution < -0.4 is 0 Å². The summed E-state index contributed by atoms with van der Waals surface area (Å²) in [6.45, 7) is 2.39. The zero-order valence-corrected chi connectivity index (χ0v) is 12.8. The van der Waals surface area contributed by atoms with E-state index in [1.54, 1.807) is 20.2 Å². The summed E-state index contributed by atoms with van der Waals surface area (Å²) in [5.74, 6) is -0.457. The normalized spacial score (nSPS) is 11.1. The topological polar surface area (TPSA) is 63.9 Å². The van der Waals surface area contributed by atoms with E-state index >= 15 is 0 Å². The smallest absolute Gasteiger partial charge is 0.283 e. The van der Waals surface area contributed by atoms with E-state index in [1.807, 2.05) is 0 Å². The van der Waals surface area contributed by atoms with Gasteiger partial charge in [-0.05, 0) is 6.92 Å². The molecule has 2 rings (SSSR count). The van der Waals surface area contributed by atoms with Gasteiger partial charge in [0.1, 0.15) is 15.7 Å². The molecule has 114 valence electrons. The third-order valence-electron chi connectivity index (χ3n) is 2.66. The van der Waals surface area contributed by atoms with Crippen molar-refractivity contribution in [3.63, 3.8) is 0 Å². The molecule has 10 heteroatoms. The Labute approximate surface area is 128 Å². The first-order valence-electron chi connectivity index (χ1n) is 6.01. The highest BCUT2D eigenvalue weighted by Crippen LogP contribution is 2.32. The third kappa shape index (κ3) is 3.53. The molecular weight excluding hydrogens is 324 g/mol. The maximum absolute atomic E-state index is 12.7. The van der Waals surface area contributed by atoms with Crippen molar-refractivity contribution in [2.24, 2.45) is 7.05 Å². The van der Waals surface area contributed by atoms with Crippen molar-refractivity contribution in [2.75, 3.05) is 6.54 Å². The average Bonchev–Trinajstić information content (AvgIpc) is 3.01. The van der Waals surface area contributed by atoms with Gasteiger partial charge >= 0.3 is 0 Å². The Morgan fingerprint density at radius 3 is 2.76 bits per heavy atom. The second kappa shape index (κ2) is 6.44. The third-order valence-corrected chi connectivity index (χ3v) is 4.11. The van der Waals surface area contributed by atoms with Crippen LogP contribution in [0.1, 0.15) is 33.7 Å². The average molecular weight is 336 g/mol. The van der Waals surface area contributed by atoms with E-state index in [-0.39, 0.29) is 16.7 Å². The van der Waals surface area contributed by atoms with Gasteiger partial charge in [-0.3, -0.25) is 9.48 Å². The monoisotopic (exact) mass is 335 g/mol. The van der Waals surface area contributed by atoms with Crippen molar-refractivity contribution in [3.8, 4) is 0 Å². The minimum absolute atomic E-state index is 0.0546. The van der Waals surface area contributed by atoms with Gasteiger partial charge in [0, 0.05) is 19.8 Å². The molecule has 0 aliphatic rings. The summed E-state index contributed by atoms with van der Waals surface area (Å²) >= 11 is 6.23. The van der Waals surface area contributed by atoms with Gasteiger partial charge in [-0.15, -0.1) is 16.4 Å². The van der Waals surface area contributed by atoms with Crippen LogP contribution in [-0.2, 0) is 13.6 Å². The van der Waals surface area contributed by atoms with Crippen LogP contribution >= 0.6 is 22.9 Å². The van der Waals surface area contributed by atoms with Crippen molar-refractivity contribution in [1.82, 2.24) is 24.9 Å². The van der Waals surface area contributed by atoms with Crippen molar-refractivity contribution in [3.05, 3.63) is 26.9 Å². The molecule has 2 aromatic heterocycles. The van der Waals surface area contributed by atoms with Crippen LogP contribution in [0.25, 0.3) is 0 Å².